The molecule has 0 fully saturated rings. The van der Waals surface area contributed by atoms with E-state index in [1.165, 1.54) is 11.4 Å². The van der Waals surface area contributed by atoms with Crippen molar-refractivity contribution < 1.29 is 0 Å². The normalized spacial score (nSPS) is 14.1. The predicted molar refractivity (Wildman–Crippen MR) is 72.3 cm³/mol. The van der Waals surface area contributed by atoms with Crippen LogP contribution in [0.1, 0.15) is 20.8 Å². The van der Waals surface area contributed by atoms with Gasteiger partial charge in [-0.15, -0.1) is 17.0 Å². The Morgan fingerprint density at radius 3 is 2.33 bits per heavy atom. The number of hydrogen-bond donors (Lipinski definition) is 0. The summed E-state index contributed by atoms with van der Waals surface area (Å²) in [6, 6.07) is 9.23. The molecule has 1 aliphatic rings. The molecule has 0 bridgehead atoms. The lowest BCUT2D eigenvalue weighted by Crippen LogP contribution is -2.35. The van der Waals surface area contributed by atoms with Crippen molar-refractivity contribution in [3.63, 3.8) is 0 Å². The minimum atomic E-state index is 0. The third kappa shape index (κ3) is 2.12. The van der Waals surface area contributed by atoms with Crippen LogP contribution in [0.5, 0.6) is 0 Å². The zero-order valence-corrected chi connectivity index (χ0v) is 11.3. The summed E-state index contributed by atoms with van der Waals surface area (Å²) in [6.07, 6.45) is 0. The quantitative estimate of drug-likeness (QED) is 0.814. The van der Waals surface area contributed by atoms with E-state index >= 15 is 0 Å². The number of anilines is 2. The molecule has 0 atom stereocenters. The fourth-order valence-corrected chi connectivity index (χ4v) is 2.02. The third-order valence-corrected chi connectivity index (χ3v) is 2.86. The molecule has 2 nitrogen and oxygen atoms in total. The van der Waals surface area contributed by atoms with Gasteiger partial charge in [-0.1, -0.05) is 12.1 Å². The average molecular weight is 271 g/mol. The van der Waals surface area contributed by atoms with Crippen LogP contribution in [-0.4, -0.2) is 19.3 Å². The van der Waals surface area contributed by atoms with Crippen LogP contribution in [0.2, 0.25) is 0 Å². The SMILES string of the molecule is Br.CCN1CN(C(C)C)c2ccccc21. The highest BCUT2D eigenvalue weighted by molar-refractivity contribution is 8.93. The lowest BCUT2D eigenvalue weighted by Gasteiger charge is -2.24. The van der Waals surface area contributed by atoms with Gasteiger partial charge >= 0.3 is 0 Å². The number of halogens is 1. The predicted octanol–water partition coefficient (Wildman–Crippen LogP) is 3.28. The number of fused-ring (bicyclic) bond motifs is 1. The van der Waals surface area contributed by atoms with E-state index in [9.17, 15) is 0 Å². The summed E-state index contributed by atoms with van der Waals surface area (Å²) in [6.45, 7) is 8.82. The molecule has 0 aliphatic carbocycles. The molecule has 0 N–H and O–H groups in total. The van der Waals surface area contributed by atoms with Crippen LogP contribution in [0, 0.1) is 0 Å². The van der Waals surface area contributed by atoms with Crippen molar-refractivity contribution in [1.82, 2.24) is 0 Å². The average Bonchev–Trinajstić information content (AvgIpc) is 2.56. The van der Waals surface area contributed by atoms with E-state index in [4.69, 9.17) is 0 Å². The second-order valence-electron chi connectivity index (χ2n) is 4.05. The van der Waals surface area contributed by atoms with Crippen LogP contribution in [-0.2, 0) is 0 Å². The molecule has 3 heteroatoms. The van der Waals surface area contributed by atoms with Crippen LogP contribution in [0.15, 0.2) is 24.3 Å². The molecule has 1 aromatic carbocycles. The molecule has 0 aromatic heterocycles. The zero-order chi connectivity index (χ0) is 10.1. The molecule has 2 rings (SSSR count). The van der Waals surface area contributed by atoms with Gasteiger partial charge in [-0.05, 0) is 32.9 Å². The highest BCUT2D eigenvalue weighted by Crippen LogP contribution is 2.36. The molecule has 0 saturated carbocycles. The first-order valence-electron chi connectivity index (χ1n) is 5.34. The molecule has 84 valence electrons. The Labute approximate surface area is 103 Å². The summed E-state index contributed by atoms with van der Waals surface area (Å²) in [4.78, 5) is 4.86. The Balaban J connectivity index is 0.00000112. The Kier molecular flexibility index (Phi) is 4.03. The van der Waals surface area contributed by atoms with Crippen molar-refractivity contribution in [2.75, 3.05) is 23.0 Å². The van der Waals surface area contributed by atoms with Crippen molar-refractivity contribution in [2.24, 2.45) is 0 Å². The number of para-hydroxylation sites is 2. The molecule has 0 amide bonds. The van der Waals surface area contributed by atoms with Gasteiger partial charge in [0.1, 0.15) is 0 Å². The Morgan fingerprint density at radius 1 is 1.20 bits per heavy atom. The van der Waals surface area contributed by atoms with Gasteiger partial charge in [0.05, 0.1) is 18.0 Å². The van der Waals surface area contributed by atoms with Crippen LogP contribution < -0.4 is 9.80 Å². The molecule has 1 aromatic rings. The third-order valence-electron chi connectivity index (χ3n) is 2.86. The van der Waals surface area contributed by atoms with Gasteiger partial charge in [-0.25, -0.2) is 0 Å². The number of benzene rings is 1. The van der Waals surface area contributed by atoms with Gasteiger partial charge in [-0.2, -0.15) is 0 Å². The summed E-state index contributed by atoms with van der Waals surface area (Å²) in [5.74, 6) is 0. The molecule has 0 unspecified atom stereocenters. The van der Waals surface area contributed by atoms with Gasteiger partial charge < -0.3 is 9.80 Å². The Bertz CT molecular complexity index is 325. The Morgan fingerprint density at radius 2 is 1.80 bits per heavy atom. The highest BCUT2D eigenvalue weighted by atomic mass is 79.9. The summed E-state index contributed by atoms with van der Waals surface area (Å²) in [5, 5.41) is 0. The fourth-order valence-electron chi connectivity index (χ4n) is 2.02. The van der Waals surface area contributed by atoms with Gasteiger partial charge in [0.25, 0.3) is 0 Å². The van der Waals surface area contributed by atoms with Crippen molar-refractivity contribution in [1.29, 1.82) is 0 Å². The second kappa shape index (κ2) is 4.88. The highest BCUT2D eigenvalue weighted by Gasteiger charge is 2.25. The van der Waals surface area contributed by atoms with E-state index in [1.807, 2.05) is 0 Å². The van der Waals surface area contributed by atoms with Crippen molar-refractivity contribution in [2.45, 2.75) is 26.8 Å². The minimum Gasteiger partial charge on any atom is -0.352 e. The van der Waals surface area contributed by atoms with Crippen molar-refractivity contribution in [3.8, 4) is 0 Å². The first-order chi connectivity index (χ1) is 6.74. The standard InChI is InChI=1S/C12H18N2.BrH/c1-4-13-9-14(10(2)3)12-8-6-5-7-11(12)13;/h5-8,10H,4,9H2,1-3H3;1H. The van der Waals surface area contributed by atoms with E-state index in [0.717, 1.165) is 13.2 Å². The van der Waals surface area contributed by atoms with Crippen LogP contribution in [0.25, 0.3) is 0 Å². The lowest BCUT2D eigenvalue weighted by molar-refractivity contribution is 0.688. The van der Waals surface area contributed by atoms with E-state index in [0.29, 0.717) is 6.04 Å². The zero-order valence-electron chi connectivity index (χ0n) is 9.60. The Hall–Kier alpha value is -0.700. The van der Waals surface area contributed by atoms with E-state index in [2.05, 4.69) is 54.8 Å². The van der Waals surface area contributed by atoms with Gasteiger partial charge in [0.15, 0.2) is 0 Å². The largest absolute Gasteiger partial charge is 0.352 e. The number of hydrogen-bond acceptors (Lipinski definition) is 2. The van der Waals surface area contributed by atoms with Crippen LogP contribution in [0.3, 0.4) is 0 Å². The molecular weight excluding hydrogens is 252 g/mol. The first kappa shape index (κ1) is 12.4. The lowest BCUT2D eigenvalue weighted by atomic mass is 10.2. The summed E-state index contributed by atoms with van der Waals surface area (Å²) in [5.41, 5.74) is 2.76. The molecular formula is C12H19BrN2. The second-order valence-corrected chi connectivity index (χ2v) is 4.05. The summed E-state index contributed by atoms with van der Waals surface area (Å²) >= 11 is 0. The molecule has 1 aliphatic heterocycles. The summed E-state index contributed by atoms with van der Waals surface area (Å²) in [7, 11) is 0. The molecule has 1 heterocycles. The van der Waals surface area contributed by atoms with Crippen LogP contribution >= 0.6 is 17.0 Å². The molecule has 0 spiro atoms. The minimum absolute atomic E-state index is 0. The maximum Gasteiger partial charge on any atom is 0.0906 e. The van der Waals surface area contributed by atoms with E-state index in [-0.39, 0.29) is 17.0 Å². The topological polar surface area (TPSA) is 6.48 Å². The van der Waals surface area contributed by atoms with Gasteiger partial charge in [-0.3, -0.25) is 0 Å². The monoisotopic (exact) mass is 270 g/mol. The van der Waals surface area contributed by atoms with Crippen molar-refractivity contribution >= 4 is 28.4 Å². The van der Waals surface area contributed by atoms with Gasteiger partial charge in [0, 0.05) is 12.6 Å². The maximum absolute atomic E-state index is 2.44. The first-order valence-corrected chi connectivity index (χ1v) is 5.34. The fraction of sp³-hybridized carbons (Fsp3) is 0.500. The molecule has 0 saturated heterocycles. The summed E-state index contributed by atoms with van der Waals surface area (Å²) < 4.78 is 0. The molecule has 0 radical (unpaired) electrons. The van der Waals surface area contributed by atoms with Gasteiger partial charge in [0.2, 0.25) is 0 Å². The maximum atomic E-state index is 2.44. The van der Waals surface area contributed by atoms with E-state index in [1.54, 1.807) is 0 Å². The smallest absolute Gasteiger partial charge is 0.0906 e. The van der Waals surface area contributed by atoms with Crippen LogP contribution in [0.4, 0.5) is 11.4 Å². The number of nitrogens with zero attached hydrogens (tertiary/aromatic N) is 2. The van der Waals surface area contributed by atoms with Crippen molar-refractivity contribution in [3.05, 3.63) is 24.3 Å². The van der Waals surface area contributed by atoms with E-state index < -0.39 is 0 Å². The molecule has 15 heavy (non-hydrogen) atoms. The number of rotatable bonds is 2.